The molecule has 0 aromatic heterocycles. The predicted octanol–water partition coefficient (Wildman–Crippen LogP) is 7.40. The zero-order valence-corrected chi connectivity index (χ0v) is 25.1. The average molecular weight is 635 g/mol. The zero-order chi connectivity index (χ0) is 23.9. The Kier molecular flexibility index (Phi) is 12.5. The minimum atomic E-state index is 0. The number of nitrogens with zero attached hydrogens (tertiary/aromatic N) is 2. The topological polar surface area (TPSA) is 45.1 Å². The first-order valence-corrected chi connectivity index (χ1v) is 12.3. The van der Waals surface area contributed by atoms with Crippen molar-refractivity contribution in [2.45, 2.75) is 64.3 Å². The van der Waals surface area contributed by atoms with Crippen molar-refractivity contribution in [3.8, 4) is 11.5 Å². The van der Waals surface area contributed by atoms with Crippen molar-refractivity contribution in [2.75, 3.05) is 7.05 Å². The molecule has 36 heavy (non-hydrogen) atoms. The molecule has 4 nitrogen and oxygen atoms in total. The standard InChI is InChI=1S/C18H19NO.C12H17NO.HI.V/c1-14-7-12-18(19-14)16-8-10-17(11-9-16)20-13-15-5-3-2-4-6-15;1-9-3-8-12(13(9)2)10-4-6-11(14)7-5-10;;/h2-6,8-11,14H,7,12-13H2,1H3;4-7,9,12,14H,3,8H2,1-2H3;1H;/t14-;9-,12-;;/m11../s1. The molecule has 3 aromatic carbocycles. The van der Waals surface area contributed by atoms with Gasteiger partial charge in [-0.25, -0.2) is 0 Å². The summed E-state index contributed by atoms with van der Waals surface area (Å²) in [5.74, 6) is 1.26. The first kappa shape index (κ1) is 30.4. The molecule has 0 amide bonds. The molecule has 191 valence electrons. The molecule has 1 saturated heterocycles. The molecule has 0 unspecified atom stereocenters. The van der Waals surface area contributed by atoms with E-state index < -0.39 is 0 Å². The van der Waals surface area contributed by atoms with Gasteiger partial charge in [-0.3, -0.25) is 9.89 Å². The summed E-state index contributed by atoms with van der Waals surface area (Å²) in [5.41, 5.74) is 4.95. The molecule has 0 bridgehead atoms. The van der Waals surface area contributed by atoms with Gasteiger partial charge >= 0.3 is 0 Å². The van der Waals surface area contributed by atoms with E-state index in [1.54, 1.807) is 12.1 Å². The number of halogens is 1. The van der Waals surface area contributed by atoms with Crippen molar-refractivity contribution in [3.63, 3.8) is 0 Å². The van der Waals surface area contributed by atoms with E-state index in [0.29, 0.717) is 30.5 Å². The summed E-state index contributed by atoms with van der Waals surface area (Å²) in [5, 5.41) is 9.20. The van der Waals surface area contributed by atoms with Crippen molar-refractivity contribution in [1.29, 1.82) is 0 Å². The predicted molar refractivity (Wildman–Crippen MR) is 155 cm³/mol. The third-order valence-corrected chi connectivity index (χ3v) is 6.93. The van der Waals surface area contributed by atoms with Gasteiger partial charge in [-0.2, -0.15) is 0 Å². The summed E-state index contributed by atoms with van der Waals surface area (Å²) in [6.45, 7) is 5.04. The fraction of sp³-hybridized carbons (Fsp3) is 0.367. The molecule has 0 aliphatic carbocycles. The van der Waals surface area contributed by atoms with Crippen molar-refractivity contribution in [3.05, 3.63) is 95.6 Å². The van der Waals surface area contributed by atoms with E-state index in [4.69, 9.17) is 4.74 Å². The molecule has 5 rings (SSSR count). The van der Waals surface area contributed by atoms with Gasteiger partial charge in [0.2, 0.25) is 0 Å². The molecular formula is C30H37IN2O2V. The molecule has 0 spiro atoms. The molecule has 0 saturated carbocycles. The zero-order valence-electron chi connectivity index (χ0n) is 21.4. The third-order valence-electron chi connectivity index (χ3n) is 6.93. The number of hydrogen-bond acceptors (Lipinski definition) is 4. The fourth-order valence-electron chi connectivity index (χ4n) is 4.66. The van der Waals surface area contributed by atoms with E-state index in [-0.39, 0.29) is 42.5 Å². The van der Waals surface area contributed by atoms with E-state index >= 15 is 0 Å². The van der Waals surface area contributed by atoms with Crippen LogP contribution in [0.25, 0.3) is 0 Å². The smallest absolute Gasteiger partial charge is 0.119 e. The summed E-state index contributed by atoms with van der Waals surface area (Å²) in [4.78, 5) is 7.07. The summed E-state index contributed by atoms with van der Waals surface area (Å²) >= 11 is 0. The third kappa shape index (κ3) is 8.37. The van der Waals surface area contributed by atoms with Crippen LogP contribution in [-0.4, -0.2) is 34.8 Å². The molecule has 3 atom stereocenters. The minimum absolute atomic E-state index is 0. The molecule has 3 aromatic rings. The number of phenolic OH excluding ortho intramolecular Hbond substituents is 1. The second kappa shape index (κ2) is 14.8. The normalized spacial score (nSPS) is 20.9. The van der Waals surface area contributed by atoms with Crippen LogP contribution in [0.3, 0.4) is 0 Å². The van der Waals surface area contributed by atoms with E-state index in [9.17, 15) is 5.11 Å². The Morgan fingerprint density at radius 1 is 0.889 bits per heavy atom. The van der Waals surface area contributed by atoms with Crippen molar-refractivity contribution in [1.82, 2.24) is 4.90 Å². The molecule has 1 N–H and O–H groups in total. The molecule has 6 heteroatoms. The van der Waals surface area contributed by atoms with E-state index in [1.165, 1.54) is 41.7 Å². The van der Waals surface area contributed by atoms with Crippen molar-refractivity contribution in [2.24, 2.45) is 4.99 Å². The Bertz CT molecular complexity index is 1070. The van der Waals surface area contributed by atoms with Gasteiger partial charge < -0.3 is 9.84 Å². The van der Waals surface area contributed by atoms with Crippen LogP contribution >= 0.6 is 24.0 Å². The number of hydrogen-bond donors (Lipinski definition) is 1. The van der Waals surface area contributed by atoms with E-state index in [0.717, 1.165) is 12.2 Å². The SMILES string of the molecule is C[C@@H]1CCC(c2ccc(OCc3ccccc3)cc2)=N1.C[C@@H]1CC[C@H](c2ccc(O)cc2)N1C.I.[V]. The molecule has 1 fully saturated rings. The van der Waals surface area contributed by atoms with E-state index in [2.05, 4.69) is 55.1 Å². The summed E-state index contributed by atoms with van der Waals surface area (Å²) in [7, 11) is 2.18. The monoisotopic (exact) mass is 635 g/mol. The molecule has 2 aliphatic rings. The van der Waals surface area contributed by atoms with Crippen LogP contribution in [0, 0.1) is 0 Å². The van der Waals surface area contributed by atoms with Crippen LogP contribution < -0.4 is 4.74 Å². The molecule has 2 aliphatic heterocycles. The van der Waals surface area contributed by atoms with Gasteiger partial charge in [0.25, 0.3) is 0 Å². The van der Waals surface area contributed by atoms with Gasteiger partial charge in [0.15, 0.2) is 0 Å². The van der Waals surface area contributed by atoms with E-state index in [1.807, 2.05) is 42.5 Å². The number of aromatic hydroxyl groups is 1. The van der Waals surface area contributed by atoms with Crippen LogP contribution in [0.4, 0.5) is 0 Å². The Morgan fingerprint density at radius 3 is 2.11 bits per heavy atom. The van der Waals surface area contributed by atoms with Crippen LogP contribution in [-0.2, 0) is 25.2 Å². The van der Waals surface area contributed by atoms with Gasteiger partial charge in [-0.05, 0) is 99.7 Å². The van der Waals surface area contributed by atoms with Gasteiger partial charge in [-0.15, -0.1) is 24.0 Å². The molecular weight excluding hydrogens is 598 g/mol. The maximum Gasteiger partial charge on any atom is 0.119 e. The van der Waals surface area contributed by atoms with Crippen molar-refractivity contribution >= 4 is 29.7 Å². The minimum Gasteiger partial charge on any atom is -0.508 e. The number of likely N-dealkylation sites (tertiary alicyclic amines) is 1. The first-order valence-electron chi connectivity index (χ1n) is 12.3. The van der Waals surface area contributed by atoms with Crippen molar-refractivity contribution < 1.29 is 28.4 Å². The average Bonchev–Trinajstić information content (AvgIpc) is 3.45. The second-order valence-corrected chi connectivity index (χ2v) is 9.46. The van der Waals surface area contributed by atoms with Gasteiger partial charge in [-0.1, -0.05) is 42.5 Å². The first-order chi connectivity index (χ1) is 16.5. The summed E-state index contributed by atoms with van der Waals surface area (Å²) in [6, 6.07) is 27.8. The van der Waals surface area contributed by atoms with Gasteiger partial charge in [0.1, 0.15) is 18.1 Å². The van der Waals surface area contributed by atoms with Gasteiger partial charge in [0, 0.05) is 42.4 Å². The Balaban J connectivity index is 0.000000254. The van der Waals surface area contributed by atoms with Crippen LogP contribution in [0.15, 0.2) is 83.9 Å². The number of phenols is 1. The number of rotatable bonds is 5. The van der Waals surface area contributed by atoms with Gasteiger partial charge in [0.05, 0.1) is 0 Å². The Hall–Kier alpha value is -1.80. The Labute approximate surface area is 245 Å². The summed E-state index contributed by atoms with van der Waals surface area (Å²) < 4.78 is 5.79. The maximum atomic E-state index is 9.20. The Morgan fingerprint density at radius 2 is 1.56 bits per heavy atom. The quantitative estimate of drug-likeness (QED) is 0.298. The largest absolute Gasteiger partial charge is 0.508 e. The van der Waals surface area contributed by atoms with Crippen LogP contribution in [0.5, 0.6) is 11.5 Å². The number of ether oxygens (including phenoxy) is 1. The van der Waals surface area contributed by atoms with Crippen LogP contribution in [0.2, 0.25) is 0 Å². The summed E-state index contributed by atoms with van der Waals surface area (Å²) in [6.07, 6.45) is 4.75. The maximum absolute atomic E-state index is 9.20. The fourth-order valence-corrected chi connectivity index (χ4v) is 4.66. The van der Waals surface area contributed by atoms with Crippen LogP contribution in [0.1, 0.15) is 62.3 Å². The number of benzene rings is 3. The second-order valence-electron chi connectivity index (χ2n) is 9.46. The molecule has 1 radical (unpaired) electrons. The molecule has 2 heterocycles. The number of aliphatic imine (C=N–C) groups is 1.